The summed E-state index contributed by atoms with van der Waals surface area (Å²) in [5.74, 6) is 2.35. The fourth-order valence-electron chi connectivity index (χ4n) is 3.59. The minimum absolute atomic E-state index is 0.00115. The average Bonchev–Trinajstić information content (AvgIpc) is 2.86. The first-order chi connectivity index (χ1) is 16.1. The number of rotatable bonds is 8. The van der Waals surface area contributed by atoms with Crippen LogP contribution < -0.4 is 24.4 Å². The van der Waals surface area contributed by atoms with E-state index >= 15 is 0 Å². The quantitative estimate of drug-likeness (QED) is 0.476. The van der Waals surface area contributed by atoms with Crippen LogP contribution in [0, 0.1) is 5.82 Å². The molecule has 0 radical (unpaired) electrons. The van der Waals surface area contributed by atoms with Gasteiger partial charge in [0.25, 0.3) is 0 Å². The second-order valence-electron chi connectivity index (χ2n) is 7.39. The maximum atomic E-state index is 14.5. The summed E-state index contributed by atoms with van der Waals surface area (Å²) in [5.41, 5.74) is 0.323. The number of ether oxygens (including phenoxy) is 3. The fraction of sp³-hybridized carbons (Fsp3) is 0.348. The van der Waals surface area contributed by atoms with Crippen molar-refractivity contribution in [2.45, 2.75) is 23.8 Å². The van der Waals surface area contributed by atoms with E-state index in [-0.39, 0.29) is 11.9 Å². The lowest BCUT2D eigenvalue weighted by atomic mass is 10.1. The van der Waals surface area contributed by atoms with Crippen LogP contribution in [0.15, 0.2) is 47.8 Å². The highest BCUT2D eigenvalue weighted by atomic mass is 32.2. The molecule has 8 nitrogen and oxygen atoms in total. The SMILES string of the molecule is COc1cnc(N2CCC(Oc3ccnc(Nc4ccc(SC)cc4F)c3OC)CC2)nc1. The smallest absolute Gasteiger partial charge is 0.225 e. The highest BCUT2D eigenvalue weighted by Gasteiger charge is 2.24. The molecule has 3 heterocycles. The molecular weight excluding hydrogens is 445 g/mol. The van der Waals surface area contributed by atoms with Crippen molar-refractivity contribution in [2.75, 3.05) is 43.8 Å². The Morgan fingerprint density at radius 2 is 1.82 bits per heavy atom. The maximum absolute atomic E-state index is 14.5. The number of aromatic nitrogens is 3. The highest BCUT2D eigenvalue weighted by molar-refractivity contribution is 7.98. The molecule has 2 aromatic heterocycles. The Bertz CT molecular complexity index is 1080. The summed E-state index contributed by atoms with van der Waals surface area (Å²) in [6.07, 6.45) is 8.46. The summed E-state index contributed by atoms with van der Waals surface area (Å²) in [7, 11) is 3.14. The van der Waals surface area contributed by atoms with E-state index in [0.717, 1.165) is 30.8 Å². The van der Waals surface area contributed by atoms with Gasteiger partial charge in [0.2, 0.25) is 11.7 Å². The Hall–Kier alpha value is -3.27. The average molecular weight is 472 g/mol. The number of hydrogen-bond acceptors (Lipinski definition) is 9. The van der Waals surface area contributed by atoms with E-state index in [1.807, 2.05) is 12.3 Å². The fourth-order valence-corrected chi connectivity index (χ4v) is 4.02. The van der Waals surface area contributed by atoms with Crippen LogP contribution in [0.2, 0.25) is 0 Å². The predicted molar refractivity (Wildman–Crippen MR) is 127 cm³/mol. The molecule has 0 saturated carbocycles. The van der Waals surface area contributed by atoms with Crippen LogP contribution >= 0.6 is 11.8 Å². The van der Waals surface area contributed by atoms with Crippen molar-refractivity contribution in [3.05, 3.63) is 48.7 Å². The van der Waals surface area contributed by atoms with Crippen molar-refractivity contribution in [1.29, 1.82) is 0 Å². The van der Waals surface area contributed by atoms with E-state index < -0.39 is 0 Å². The third-order valence-corrected chi connectivity index (χ3v) is 6.10. The molecule has 1 fully saturated rings. The molecule has 0 bridgehead atoms. The molecule has 0 amide bonds. The monoisotopic (exact) mass is 471 g/mol. The van der Waals surface area contributed by atoms with Gasteiger partial charge < -0.3 is 24.4 Å². The molecular formula is C23H26FN5O3S. The van der Waals surface area contributed by atoms with Gasteiger partial charge in [0.1, 0.15) is 11.9 Å². The molecule has 3 aromatic rings. The van der Waals surface area contributed by atoms with Gasteiger partial charge in [-0.1, -0.05) is 0 Å². The van der Waals surface area contributed by atoms with Gasteiger partial charge in [-0.05, 0) is 24.5 Å². The summed E-state index contributed by atoms with van der Waals surface area (Å²) in [4.78, 5) is 16.0. The van der Waals surface area contributed by atoms with Gasteiger partial charge in [0.05, 0.1) is 32.3 Å². The number of halogens is 1. The lowest BCUT2D eigenvalue weighted by Gasteiger charge is -2.32. The van der Waals surface area contributed by atoms with Gasteiger partial charge in [-0.15, -0.1) is 11.8 Å². The molecule has 0 unspecified atom stereocenters. The number of pyridine rings is 1. The molecule has 4 rings (SSSR count). The van der Waals surface area contributed by atoms with E-state index in [4.69, 9.17) is 14.2 Å². The first kappa shape index (κ1) is 22.9. The third kappa shape index (κ3) is 5.39. The van der Waals surface area contributed by atoms with Crippen LogP contribution in [-0.2, 0) is 0 Å². The van der Waals surface area contributed by atoms with Crippen molar-refractivity contribution in [2.24, 2.45) is 0 Å². The largest absolute Gasteiger partial charge is 0.494 e. The zero-order chi connectivity index (χ0) is 23.2. The molecule has 1 saturated heterocycles. The third-order valence-electron chi connectivity index (χ3n) is 5.37. The molecule has 1 aliphatic rings. The lowest BCUT2D eigenvalue weighted by Crippen LogP contribution is -2.39. The summed E-state index contributed by atoms with van der Waals surface area (Å²) >= 11 is 1.48. The van der Waals surface area contributed by atoms with Crippen molar-refractivity contribution in [1.82, 2.24) is 15.0 Å². The Kier molecular flexibility index (Phi) is 7.33. The maximum Gasteiger partial charge on any atom is 0.225 e. The number of benzene rings is 1. The molecule has 0 atom stereocenters. The molecule has 10 heteroatoms. The van der Waals surface area contributed by atoms with Crippen LogP contribution in [-0.4, -0.2) is 54.6 Å². The van der Waals surface area contributed by atoms with Crippen LogP contribution in [0.3, 0.4) is 0 Å². The molecule has 0 spiro atoms. The number of methoxy groups -OCH3 is 2. The summed E-state index contributed by atoms with van der Waals surface area (Å²) in [6.45, 7) is 1.53. The van der Waals surface area contributed by atoms with Crippen molar-refractivity contribution in [3.63, 3.8) is 0 Å². The van der Waals surface area contributed by atoms with Gasteiger partial charge >= 0.3 is 0 Å². The molecule has 1 aliphatic heterocycles. The van der Waals surface area contributed by atoms with Crippen LogP contribution in [0.5, 0.6) is 17.2 Å². The molecule has 174 valence electrons. The summed E-state index contributed by atoms with van der Waals surface area (Å²) in [5, 5.41) is 3.02. The zero-order valence-corrected chi connectivity index (χ0v) is 19.6. The van der Waals surface area contributed by atoms with E-state index in [1.54, 1.807) is 44.9 Å². The predicted octanol–water partition coefficient (Wildman–Crippen LogP) is 4.54. The molecule has 33 heavy (non-hydrogen) atoms. The number of nitrogens with zero attached hydrogens (tertiary/aromatic N) is 4. The number of nitrogens with one attached hydrogen (secondary N) is 1. The van der Waals surface area contributed by atoms with E-state index in [0.29, 0.717) is 34.7 Å². The zero-order valence-electron chi connectivity index (χ0n) is 18.7. The van der Waals surface area contributed by atoms with Crippen LogP contribution in [0.1, 0.15) is 12.8 Å². The van der Waals surface area contributed by atoms with Crippen LogP contribution in [0.4, 0.5) is 21.8 Å². The summed E-state index contributed by atoms with van der Waals surface area (Å²) in [6, 6.07) is 6.78. The first-order valence-electron chi connectivity index (χ1n) is 10.5. The second kappa shape index (κ2) is 10.6. The molecule has 1 N–H and O–H groups in total. The Morgan fingerprint density at radius 1 is 1.06 bits per heavy atom. The van der Waals surface area contributed by atoms with Gasteiger partial charge in [0, 0.05) is 43.1 Å². The van der Waals surface area contributed by atoms with Crippen molar-refractivity contribution >= 4 is 29.2 Å². The van der Waals surface area contributed by atoms with Gasteiger partial charge in [0.15, 0.2) is 17.3 Å². The van der Waals surface area contributed by atoms with Gasteiger partial charge in [-0.3, -0.25) is 0 Å². The molecule has 1 aromatic carbocycles. The van der Waals surface area contributed by atoms with Crippen molar-refractivity contribution in [3.8, 4) is 17.2 Å². The van der Waals surface area contributed by atoms with E-state index in [1.165, 1.54) is 17.8 Å². The topological polar surface area (TPSA) is 81.6 Å². The Labute approximate surface area is 196 Å². The Morgan fingerprint density at radius 3 is 2.45 bits per heavy atom. The number of hydrogen-bond donors (Lipinski definition) is 1. The number of thioether (sulfide) groups is 1. The summed E-state index contributed by atoms with van der Waals surface area (Å²) < 4.78 is 31.4. The lowest BCUT2D eigenvalue weighted by molar-refractivity contribution is 0.164. The Balaban J connectivity index is 1.42. The minimum Gasteiger partial charge on any atom is -0.494 e. The number of anilines is 3. The molecule has 0 aliphatic carbocycles. The second-order valence-corrected chi connectivity index (χ2v) is 8.27. The van der Waals surface area contributed by atoms with Crippen LogP contribution in [0.25, 0.3) is 0 Å². The highest BCUT2D eigenvalue weighted by Crippen LogP contribution is 2.37. The first-order valence-corrected chi connectivity index (χ1v) is 11.7. The minimum atomic E-state index is -0.356. The van der Waals surface area contributed by atoms with Crippen molar-refractivity contribution < 1.29 is 18.6 Å². The van der Waals surface area contributed by atoms with Gasteiger partial charge in [-0.25, -0.2) is 19.3 Å². The van der Waals surface area contributed by atoms with E-state index in [9.17, 15) is 4.39 Å². The standard InChI is InChI=1S/C23H26FN5O3S/c1-30-16-13-26-23(27-14-16)29-10-7-15(8-11-29)32-20-6-9-25-22(21(20)31-2)28-19-5-4-17(33-3)12-18(19)24/h4-6,9,12-15H,7-8,10-11H2,1-3H3,(H,25,28). The normalized spacial score (nSPS) is 14.1. The van der Waals surface area contributed by atoms with Gasteiger partial charge in [-0.2, -0.15) is 0 Å². The van der Waals surface area contributed by atoms with E-state index in [2.05, 4.69) is 25.2 Å². The number of piperidine rings is 1.